The SMILES string of the molecule is CN1CCN(c2cccc(F)c2CC2NCCN(c3ccc(C4CCOCC4)cc3)C2=O)CC1. The summed E-state index contributed by atoms with van der Waals surface area (Å²) in [7, 11) is 2.11. The van der Waals surface area contributed by atoms with Crippen molar-refractivity contribution in [3.8, 4) is 0 Å². The molecule has 3 fully saturated rings. The van der Waals surface area contributed by atoms with Gasteiger partial charge in [-0.15, -0.1) is 0 Å². The van der Waals surface area contributed by atoms with Crippen LogP contribution >= 0.6 is 0 Å². The van der Waals surface area contributed by atoms with Gasteiger partial charge in [0.15, 0.2) is 0 Å². The Hall–Kier alpha value is -2.48. The van der Waals surface area contributed by atoms with Crippen LogP contribution in [0, 0.1) is 5.82 Å². The Bertz CT molecular complexity index is 985. The standard InChI is InChI=1S/C27H35FN4O2/c1-30-13-15-31(16-14-30)26-4-2-3-24(28)23(26)19-25-27(33)32(12-11-29-25)22-7-5-20(6-8-22)21-9-17-34-18-10-21/h2-8,21,25,29H,9-19H2,1H3. The van der Waals surface area contributed by atoms with Crippen molar-refractivity contribution in [2.75, 3.05) is 69.3 Å². The predicted molar refractivity (Wildman–Crippen MR) is 133 cm³/mol. The summed E-state index contributed by atoms with van der Waals surface area (Å²) in [6, 6.07) is 13.3. The van der Waals surface area contributed by atoms with Gasteiger partial charge in [0.1, 0.15) is 5.82 Å². The van der Waals surface area contributed by atoms with Crippen LogP contribution in [0.1, 0.15) is 29.9 Å². The minimum Gasteiger partial charge on any atom is -0.381 e. The first kappa shape index (κ1) is 23.3. The summed E-state index contributed by atoms with van der Waals surface area (Å²) in [6.07, 6.45) is 2.45. The van der Waals surface area contributed by atoms with E-state index in [9.17, 15) is 4.79 Å². The van der Waals surface area contributed by atoms with E-state index in [0.717, 1.165) is 63.6 Å². The largest absolute Gasteiger partial charge is 0.381 e. The second-order valence-electron chi connectivity index (χ2n) is 9.71. The van der Waals surface area contributed by atoms with Crippen molar-refractivity contribution in [1.82, 2.24) is 10.2 Å². The molecule has 2 aromatic rings. The van der Waals surface area contributed by atoms with E-state index in [-0.39, 0.29) is 11.7 Å². The Balaban J connectivity index is 1.31. The average Bonchev–Trinajstić information content (AvgIpc) is 2.88. The number of carbonyl (C=O) groups is 1. The van der Waals surface area contributed by atoms with E-state index in [1.54, 1.807) is 6.07 Å². The van der Waals surface area contributed by atoms with Crippen molar-refractivity contribution in [2.45, 2.75) is 31.2 Å². The van der Waals surface area contributed by atoms with Gasteiger partial charge in [-0.05, 0) is 55.6 Å². The van der Waals surface area contributed by atoms with Crippen molar-refractivity contribution in [2.24, 2.45) is 0 Å². The highest BCUT2D eigenvalue weighted by Crippen LogP contribution is 2.30. The Morgan fingerprint density at radius 1 is 1.00 bits per heavy atom. The lowest BCUT2D eigenvalue weighted by molar-refractivity contribution is -0.121. The van der Waals surface area contributed by atoms with Gasteiger partial charge in [-0.3, -0.25) is 4.79 Å². The normalized spacial score (nSPS) is 22.9. The van der Waals surface area contributed by atoms with Crippen LogP contribution in [0.3, 0.4) is 0 Å². The van der Waals surface area contributed by atoms with Crippen LogP contribution < -0.4 is 15.1 Å². The minimum absolute atomic E-state index is 0.0117. The lowest BCUT2D eigenvalue weighted by Gasteiger charge is -2.37. The highest BCUT2D eigenvalue weighted by Gasteiger charge is 2.32. The number of benzene rings is 2. The molecule has 0 spiro atoms. The maximum Gasteiger partial charge on any atom is 0.244 e. The van der Waals surface area contributed by atoms with Crippen LogP contribution in [-0.4, -0.2) is 76.4 Å². The molecule has 1 amide bonds. The first-order valence-corrected chi connectivity index (χ1v) is 12.5. The molecule has 5 rings (SSSR count). The van der Waals surface area contributed by atoms with Crippen molar-refractivity contribution >= 4 is 17.3 Å². The van der Waals surface area contributed by atoms with Crippen molar-refractivity contribution < 1.29 is 13.9 Å². The topological polar surface area (TPSA) is 48.0 Å². The first-order valence-electron chi connectivity index (χ1n) is 12.5. The van der Waals surface area contributed by atoms with Gasteiger partial charge in [-0.1, -0.05) is 18.2 Å². The van der Waals surface area contributed by atoms with Crippen molar-refractivity contribution in [3.63, 3.8) is 0 Å². The molecule has 3 heterocycles. The summed E-state index contributed by atoms with van der Waals surface area (Å²) >= 11 is 0. The summed E-state index contributed by atoms with van der Waals surface area (Å²) in [5, 5.41) is 3.35. The monoisotopic (exact) mass is 466 g/mol. The number of nitrogens with zero attached hydrogens (tertiary/aromatic N) is 3. The minimum atomic E-state index is -0.438. The van der Waals surface area contributed by atoms with Gasteiger partial charge in [0.05, 0.1) is 6.04 Å². The van der Waals surface area contributed by atoms with Gasteiger partial charge < -0.3 is 24.8 Å². The number of hydrogen-bond donors (Lipinski definition) is 1. The molecule has 1 unspecified atom stereocenters. The zero-order valence-electron chi connectivity index (χ0n) is 20.0. The van der Waals surface area contributed by atoms with E-state index in [2.05, 4.69) is 46.4 Å². The molecule has 0 saturated carbocycles. The Morgan fingerprint density at radius 3 is 2.47 bits per heavy atom. The second kappa shape index (κ2) is 10.4. The fourth-order valence-corrected chi connectivity index (χ4v) is 5.41. The Labute approximate surface area is 201 Å². The van der Waals surface area contributed by atoms with Crippen LogP contribution in [-0.2, 0) is 16.0 Å². The average molecular weight is 467 g/mol. The smallest absolute Gasteiger partial charge is 0.244 e. The number of carbonyl (C=O) groups excluding carboxylic acids is 1. The summed E-state index contributed by atoms with van der Waals surface area (Å²) < 4.78 is 20.5. The lowest BCUT2D eigenvalue weighted by atomic mass is 9.91. The number of likely N-dealkylation sites (N-methyl/N-ethyl adjacent to an activating group) is 1. The molecule has 0 radical (unpaired) electrons. The van der Waals surface area contributed by atoms with E-state index in [4.69, 9.17) is 4.74 Å². The maximum absolute atomic E-state index is 15.0. The van der Waals surface area contributed by atoms with Gasteiger partial charge in [0.25, 0.3) is 0 Å². The quantitative estimate of drug-likeness (QED) is 0.734. The third-order valence-electron chi connectivity index (χ3n) is 7.53. The molecule has 34 heavy (non-hydrogen) atoms. The molecular formula is C27H35FN4O2. The number of hydrogen-bond acceptors (Lipinski definition) is 5. The van der Waals surface area contributed by atoms with Crippen LogP contribution in [0.4, 0.5) is 15.8 Å². The fourth-order valence-electron chi connectivity index (χ4n) is 5.41. The number of rotatable bonds is 5. The lowest BCUT2D eigenvalue weighted by Crippen LogP contribution is -2.56. The van der Waals surface area contributed by atoms with E-state index < -0.39 is 6.04 Å². The molecule has 7 heteroatoms. The number of anilines is 2. The van der Waals surface area contributed by atoms with Gasteiger partial charge in [0, 0.05) is 75.8 Å². The molecule has 3 aliphatic rings. The van der Waals surface area contributed by atoms with E-state index >= 15 is 4.39 Å². The fraction of sp³-hybridized carbons (Fsp3) is 0.519. The highest BCUT2D eigenvalue weighted by molar-refractivity contribution is 5.98. The molecule has 0 aliphatic carbocycles. The summed E-state index contributed by atoms with van der Waals surface area (Å²) in [5.74, 6) is 0.310. The Kier molecular flexibility index (Phi) is 7.13. The molecular weight excluding hydrogens is 431 g/mol. The van der Waals surface area contributed by atoms with Gasteiger partial charge in [-0.2, -0.15) is 0 Å². The molecule has 0 bridgehead atoms. The Morgan fingerprint density at radius 2 is 1.74 bits per heavy atom. The van der Waals surface area contributed by atoms with Crippen LogP contribution in [0.5, 0.6) is 0 Å². The van der Waals surface area contributed by atoms with E-state index in [1.165, 1.54) is 11.6 Å². The molecule has 182 valence electrons. The number of piperazine rings is 2. The van der Waals surface area contributed by atoms with Gasteiger partial charge in [-0.25, -0.2) is 4.39 Å². The van der Waals surface area contributed by atoms with Crippen LogP contribution in [0.25, 0.3) is 0 Å². The van der Waals surface area contributed by atoms with E-state index in [1.807, 2.05) is 11.0 Å². The summed E-state index contributed by atoms with van der Waals surface area (Å²) in [4.78, 5) is 19.8. The van der Waals surface area contributed by atoms with Gasteiger partial charge in [0.2, 0.25) is 5.91 Å². The zero-order valence-corrected chi connectivity index (χ0v) is 20.0. The molecule has 0 aromatic heterocycles. The third kappa shape index (κ3) is 4.97. The van der Waals surface area contributed by atoms with Gasteiger partial charge >= 0.3 is 0 Å². The molecule has 2 aromatic carbocycles. The van der Waals surface area contributed by atoms with Crippen molar-refractivity contribution in [3.05, 3.63) is 59.4 Å². The molecule has 6 nitrogen and oxygen atoms in total. The number of amides is 1. The molecule has 1 atom stereocenters. The summed E-state index contributed by atoms with van der Waals surface area (Å²) in [6.45, 7) is 6.58. The number of halogens is 1. The van der Waals surface area contributed by atoms with Crippen LogP contribution in [0.15, 0.2) is 42.5 Å². The number of ether oxygens (including phenoxy) is 1. The second-order valence-corrected chi connectivity index (χ2v) is 9.71. The van der Waals surface area contributed by atoms with Crippen molar-refractivity contribution in [1.29, 1.82) is 0 Å². The third-order valence-corrected chi connectivity index (χ3v) is 7.53. The molecule has 3 aliphatic heterocycles. The highest BCUT2D eigenvalue weighted by atomic mass is 19.1. The summed E-state index contributed by atoms with van der Waals surface area (Å²) in [5.41, 5.74) is 3.78. The predicted octanol–water partition coefficient (Wildman–Crippen LogP) is 3.02. The number of nitrogens with one attached hydrogen (secondary N) is 1. The van der Waals surface area contributed by atoms with E-state index in [0.29, 0.717) is 31.0 Å². The maximum atomic E-state index is 15.0. The zero-order chi connectivity index (χ0) is 23.5. The first-order chi connectivity index (χ1) is 16.6. The van der Waals surface area contributed by atoms with Crippen LogP contribution in [0.2, 0.25) is 0 Å². The molecule has 1 N–H and O–H groups in total. The molecule has 3 saturated heterocycles.